The van der Waals surface area contributed by atoms with E-state index in [0.29, 0.717) is 22.9 Å². The highest BCUT2D eigenvalue weighted by Crippen LogP contribution is 2.63. The molecule has 0 aromatic carbocycles. The van der Waals surface area contributed by atoms with Crippen LogP contribution in [0.3, 0.4) is 0 Å². The van der Waals surface area contributed by atoms with E-state index in [2.05, 4.69) is 38.0 Å². The fourth-order valence-electron chi connectivity index (χ4n) is 3.69. The van der Waals surface area contributed by atoms with Gasteiger partial charge in [0, 0.05) is 23.8 Å². The van der Waals surface area contributed by atoms with Gasteiger partial charge in [-0.25, -0.2) is 0 Å². The Morgan fingerprint density at radius 2 is 1.89 bits per heavy atom. The topological polar surface area (TPSA) is 44.9 Å². The minimum atomic E-state index is 0.0199. The van der Waals surface area contributed by atoms with Gasteiger partial charge in [-0.1, -0.05) is 33.8 Å². The van der Waals surface area contributed by atoms with Gasteiger partial charge < -0.3 is 10.3 Å². The van der Waals surface area contributed by atoms with Gasteiger partial charge in [0.2, 0.25) is 5.56 Å². The molecule has 19 heavy (non-hydrogen) atoms. The van der Waals surface area contributed by atoms with E-state index in [1.165, 1.54) is 12.0 Å². The first-order chi connectivity index (χ1) is 8.84. The SMILES string of the molecule is CC1(C)C(NC2CCCc3[nH]c(=O)ccc32)C1(C)C. The molecule has 1 fully saturated rings. The Balaban J connectivity index is 1.84. The van der Waals surface area contributed by atoms with Crippen molar-refractivity contribution in [3.8, 4) is 0 Å². The van der Waals surface area contributed by atoms with Crippen LogP contribution in [-0.2, 0) is 6.42 Å². The van der Waals surface area contributed by atoms with Crippen molar-refractivity contribution < 1.29 is 0 Å². The first kappa shape index (κ1) is 12.9. The Morgan fingerprint density at radius 3 is 2.53 bits per heavy atom. The molecule has 104 valence electrons. The molecule has 0 bridgehead atoms. The predicted octanol–water partition coefficient (Wildman–Crippen LogP) is 2.78. The van der Waals surface area contributed by atoms with E-state index in [1.807, 2.05) is 6.07 Å². The summed E-state index contributed by atoms with van der Waals surface area (Å²) in [6.07, 6.45) is 3.32. The van der Waals surface area contributed by atoms with E-state index < -0.39 is 0 Å². The number of fused-ring (bicyclic) bond motifs is 1. The fourth-order valence-corrected chi connectivity index (χ4v) is 3.69. The van der Waals surface area contributed by atoms with E-state index in [0.717, 1.165) is 18.5 Å². The van der Waals surface area contributed by atoms with Crippen LogP contribution in [0.5, 0.6) is 0 Å². The van der Waals surface area contributed by atoms with Gasteiger partial charge in [-0.2, -0.15) is 0 Å². The molecular weight excluding hydrogens is 236 g/mol. The number of H-pyrrole nitrogens is 1. The summed E-state index contributed by atoms with van der Waals surface area (Å²) in [7, 11) is 0. The zero-order chi connectivity index (χ0) is 13.8. The molecule has 1 heterocycles. The third-order valence-corrected chi connectivity index (χ3v) is 5.72. The summed E-state index contributed by atoms with van der Waals surface area (Å²) in [6, 6.07) is 4.62. The molecule has 2 N–H and O–H groups in total. The molecule has 0 spiro atoms. The number of nitrogens with one attached hydrogen (secondary N) is 2. The first-order valence-electron chi connectivity index (χ1n) is 7.32. The zero-order valence-corrected chi connectivity index (χ0v) is 12.3. The van der Waals surface area contributed by atoms with Crippen LogP contribution in [0.15, 0.2) is 16.9 Å². The second kappa shape index (κ2) is 3.95. The second-order valence-corrected chi connectivity index (χ2v) is 7.24. The highest BCUT2D eigenvalue weighted by atomic mass is 16.1. The summed E-state index contributed by atoms with van der Waals surface area (Å²) in [5, 5.41) is 3.83. The molecule has 1 atom stereocenters. The molecule has 0 aliphatic heterocycles. The van der Waals surface area contributed by atoms with Crippen LogP contribution in [0.1, 0.15) is 57.8 Å². The molecule has 3 heteroatoms. The monoisotopic (exact) mass is 260 g/mol. The van der Waals surface area contributed by atoms with Gasteiger partial charge in [-0.3, -0.25) is 4.79 Å². The van der Waals surface area contributed by atoms with E-state index in [-0.39, 0.29) is 5.56 Å². The number of aromatic amines is 1. The first-order valence-corrected chi connectivity index (χ1v) is 7.32. The van der Waals surface area contributed by atoms with Crippen molar-refractivity contribution in [1.29, 1.82) is 0 Å². The minimum absolute atomic E-state index is 0.0199. The maximum Gasteiger partial charge on any atom is 0.248 e. The molecule has 0 radical (unpaired) electrons. The Morgan fingerprint density at radius 1 is 1.21 bits per heavy atom. The van der Waals surface area contributed by atoms with Gasteiger partial charge in [0.25, 0.3) is 0 Å². The normalized spacial score (nSPS) is 27.9. The third-order valence-electron chi connectivity index (χ3n) is 5.72. The molecule has 1 saturated carbocycles. The number of hydrogen-bond acceptors (Lipinski definition) is 2. The Labute approximate surface area is 114 Å². The van der Waals surface area contributed by atoms with Crippen molar-refractivity contribution in [1.82, 2.24) is 10.3 Å². The summed E-state index contributed by atoms with van der Waals surface area (Å²) in [6.45, 7) is 9.34. The fraction of sp³-hybridized carbons (Fsp3) is 0.688. The molecule has 1 aromatic rings. The number of hydrogen-bond donors (Lipinski definition) is 2. The number of aromatic nitrogens is 1. The maximum atomic E-state index is 11.4. The molecule has 1 aromatic heterocycles. The smallest absolute Gasteiger partial charge is 0.248 e. The average Bonchev–Trinajstić information content (AvgIpc) is 2.71. The van der Waals surface area contributed by atoms with Gasteiger partial charge in [0.15, 0.2) is 0 Å². The van der Waals surface area contributed by atoms with E-state index in [9.17, 15) is 4.79 Å². The summed E-state index contributed by atoms with van der Waals surface area (Å²) in [5.41, 5.74) is 3.16. The van der Waals surface area contributed by atoms with Crippen LogP contribution in [0.2, 0.25) is 0 Å². The molecule has 3 nitrogen and oxygen atoms in total. The van der Waals surface area contributed by atoms with Crippen molar-refractivity contribution in [2.75, 3.05) is 0 Å². The molecule has 2 aliphatic carbocycles. The molecule has 0 saturated heterocycles. The van der Waals surface area contributed by atoms with Gasteiger partial charge in [0.05, 0.1) is 0 Å². The van der Waals surface area contributed by atoms with Crippen molar-refractivity contribution in [2.24, 2.45) is 10.8 Å². The molecule has 3 rings (SSSR count). The van der Waals surface area contributed by atoms with Crippen molar-refractivity contribution in [3.63, 3.8) is 0 Å². The lowest BCUT2D eigenvalue weighted by atomic mass is 9.91. The zero-order valence-electron chi connectivity index (χ0n) is 12.3. The highest BCUT2D eigenvalue weighted by molar-refractivity contribution is 5.28. The summed E-state index contributed by atoms with van der Waals surface area (Å²) >= 11 is 0. The number of rotatable bonds is 2. The quantitative estimate of drug-likeness (QED) is 0.859. The largest absolute Gasteiger partial charge is 0.326 e. The van der Waals surface area contributed by atoms with Gasteiger partial charge >= 0.3 is 0 Å². The lowest BCUT2D eigenvalue weighted by molar-refractivity contribution is 0.417. The highest BCUT2D eigenvalue weighted by Gasteiger charge is 2.65. The lowest BCUT2D eigenvalue weighted by Gasteiger charge is -2.27. The van der Waals surface area contributed by atoms with Crippen LogP contribution < -0.4 is 10.9 Å². The van der Waals surface area contributed by atoms with Crippen LogP contribution in [0.25, 0.3) is 0 Å². The molecular formula is C16H24N2O. The second-order valence-electron chi connectivity index (χ2n) is 7.24. The third kappa shape index (κ3) is 1.86. The predicted molar refractivity (Wildman–Crippen MR) is 77.2 cm³/mol. The van der Waals surface area contributed by atoms with E-state index in [1.54, 1.807) is 6.07 Å². The Bertz CT molecular complexity index is 542. The summed E-state index contributed by atoms with van der Waals surface area (Å²) in [5.74, 6) is 0. The van der Waals surface area contributed by atoms with Crippen LogP contribution in [0.4, 0.5) is 0 Å². The molecule has 2 aliphatic rings. The average molecular weight is 260 g/mol. The standard InChI is InChI=1S/C16H24N2O/c1-15(2)14(16(15,3)4)18-12-7-5-6-11-10(12)8-9-13(19)17-11/h8-9,12,14,18H,5-7H2,1-4H3,(H,17,19). The Hall–Kier alpha value is -1.09. The van der Waals surface area contributed by atoms with Crippen molar-refractivity contribution in [3.05, 3.63) is 33.7 Å². The van der Waals surface area contributed by atoms with Gasteiger partial charge in [-0.05, 0) is 35.7 Å². The van der Waals surface area contributed by atoms with Crippen LogP contribution in [0, 0.1) is 10.8 Å². The Kier molecular flexibility index (Phi) is 2.69. The van der Waals surface area contributed by atoms with Crippen LogP contribution >= 0.6 is 0 Å². The van der Waals surface area contributed by atoms with E-state index >= 15 is 0 Å². The lowest BCUT2D eigenvalue weighted by Crippen LogP contribution is -2.31. The summed E-state index contributed by atoms with van der Waals surface area (Å²) in [4.78, 5) is 14.4. The van der Waals surface area contributed by atoms with Crippen molar-refractivity contribution in [2.45, 2.75) is 59.0 Å². The van der Waals surface area contributed by atoms with Crippen molar-refractivity contribution >= 4 is 0 Å². The summed E-state index contributed by atoms with van der Waals surface area (Å²) < 4.78 is 0. The van der Waals surface area contributed by atoms with Gasteiger partial charge in [0.1, 0.15) is 0 Å². The van der Waals surface area contributed by atoms with Crippen LogP contribution in [-0.4, -0.2) is 11.0 Å². The minimum Gasteiger partial charge on any atom is -0.326 e. The number of aryl methyl sites for hydroxylation is 1. The van der Waals surface area contributed by atoms with Gasteiger partial charge in [-0.15, -0.1) is 0 Å². The maximum absolute atomic E-state index is 11.4. The number of pyridine rings is 1. The molecule has 0 amide bonds. The van der Waals surface area contributed by atoms with E-state index in [4.69, 9.17) is 0 Å². The molecule has 1 unspecified atom stereocenters.